The van der Waals surface area contributed by atoms with Crippen molar-refractivity contribution in [1.82, 2.24) is 20.7 Å². The lowest BCUT2D eigenvalue weighted by molar-refractivity contribution is -0.139. The van der Waals surface area contributed by atoms with Gasteiger partial charge in [0.15, 0.2) is 11.5 Å². The van der Waals surface area contributed by atoms with E-state index in [9.17, 15) is 14.4 Å². The fourth-order valence-corrected chi connectivity index (χ4v) is 4.10. The van der Waals surface area contributed by atoms with Crippen LogP contribution in [0.1, 0.15) is 25.8 Å². The number of urea groups is 1. The number of benzene rings is 2. The van der Waals surface area contributed by atoms with Crippen molar-refractivity contribution in [3.8, 4) is 11.5 Å². The molecule has 2 N–H and O–H groups in total. The topological polar surface area (TPSA) is 100 Å². The molecule has 0 radical (unpaired) electrons. The van der Waals surface area contributed by atoms with Crippen LogP contribution in [0, 0.1) is 0 Å². The number of amides is 4. The van der Waals surface area contributed by atoms with Gasteiger partial charge in [-0.2, -0.15) is 5.01 Å². The van der Waals surface area contributed by atoms with Crippen LogP contribution in [0.25, 0.3) is 0 Å². The van der Waals surface area contributed by atoms with E-state index in [1.165, 1.54) is 0 Å². The molecule has 0 aromatic heterocycles. The normalized spacial score (nSPS) is 21.5. The molecule has 9 heteroatoms. The number of hydrogen-bond donors (Lipinski definition) is 2. The van der Waals surface area contributed by atoms with E-state index in [-0.39, 0.29) is 12.6 Å². The second-order valence-corrected chi connectivity index (χ2v) is 8.75. The molecule has 2 aromatic rings. The monoisotopic (exact) mass is 466 g/mol. The lowest BCUT2D eigenvalue weighted by Gasteiger charge is -2.30. The lowest BCUT2D eigenvalue weighted by Crippen LogP contribution is -2.52. The molecule has 1 fully saturated rings. The molecule has 2 unspecified atom stereocenters. The zero-order chi connectivity index (χ0) is 24.1. The maximum absolute atomic E-state index is 13.0. The smallest absolute Gasteiger partial charge is 0.344 e. The van der Waals surface area contributed by atoms with Crippen molar-refractivity contribution >= 4 is 17.8 Å². The second kappa shape index (κ2) is 10.1. The first kappa shape index (κ1) is 23.6. The van der Waals surface area contributed by atoms with Crippen LogP contribution in [0.2, 0.25) is 0 Å². The van der Waals surface area contributed by atoms with Gasteiger partial charge in [0.05, 0.1) is 6.54 Å². The van der Waals surface area contributed by atoms with Crippen LogP contribution in [0.3, 0.4) is 0 Å². The summed E-state index contributed by atoms with van der Waals surface area (Å²) in [6.07, 6.45) is 0.817. The first-order chi connectivity index (χ1) is 16.4. The highest BCUT2D eigenvalue weighted by Gasteiger charge is 2.48. The van der Waals surface area contributed by atoms with E-state index in [2.05, 4.69) is 10.7 Å². The molecular formula is C25H30N4O5. The van der Waals surface area contributed by atoms with Crippen molar-refractivity contribution in [2.24, 2.45) is 0 Å². The number of carbonyl (C=O) groups excluding carboxylic acids is 3. The Labute approximate surface area is 199 Å². The number of likely N-dealkylation sites (N-methyl/N-ethyl adjacent to an activating group) is 1. The Balaban J connectivity index is 1.30. The third kappa shape index (κ3) is 5.31. The second-order valence-electron chi connectivity index (χ2n) is 8.75. The Morgan fingerprint density at radius 3 is 2.59 bits per heavy atom. The predicted molar refractivity (Wildman–Crippen MR) is 125 cm³/mol. The average Bonchev–Trinajstić information content (AvgIpc) is 3.06. The average molecular weight is 467 g/mol. The van der Waals surface area contributed by atoms with Crippen molar-refractivity contribution in [2.45, 2.75) is 38.3 Å². The number of aryl methyl sites for hydroxylation is 1. The Bertz CT molecular complexity index is 1050. The lowest BCUT2D eigenvalue weighted by atomic mass is 9.93. The van der Waals surface area contributed by atoms with Crippen molar-refractivity contribution in [2.75, 3.05) is 26.2 Å². The Kier molecular flexibility index (Phi) is 7.02. The van der Waals surface area contributed by atoms with E-state index >= 15 is 0 Å². The van der Waals surface area contributed by atoms with Gasteiger partial charge < -0.3 is 14.8 Å². The van der Waals surface area contributed by atoms with E-state index < -0.39 is 23.4 Å². The number of imide groups is 1. The number of hydrogen-bond acceptors (Lipinski definition) is 6. The highest BCUT2D eigenvalue weighted by molar-refractivity contribution is 6.07. The summed E-state index contributed by atoms with van der Waals surface area (Å²) in [7, 11) is 0. The molecule has 0 spiro atoms. The van der Waals surface area contributed by atoms with Crippen LogP contribution in [-0.4, -0.2) is 65.6 Å². The molecule has 2 aliphatic heterocycles. The van der Waals surface area contributed by atoms with Gasteiger partial charge in [-0.1, -0.05) is 49.4 Å². The van der Waals surface area contributed by atoms with Gasteiger partial charge in [0.25, 0.3) is 11.8 Å². The van der Waals surface area contributed by atoms with E-state index in [0.717, 1.165) is 10.6 Å². The van der Waals surface area contributed by atoms with Gasteiger partial charge in [-0.15, -0.1) is 0 Å². The van der Waals surface area contributed by atoms with Crippen LogP contribution in [0.4, 0.5) is 4.79 Å². The van der Waals surface area contributed by atoms with Gasteiger partial charge in [-0.25, -0.2) is 4.79 Å². The summed E-state index contributed by atoms with van der Waals surface area (Å²) in [5.41, 5.74) is 2.46. The summed E-state index contributed by atoms with van der Waals surface area (Å²) in [6.45, 7) is 5.05. The molecule has 4 rings (SSSR count). The number of para-hydroxylation sites is 2. The molecule has 180 valence electrons. The van der Waals surface area contributed by atoms with Crippen molar-refractivity contribution in [1.29, 1.82) is 0 Å². The quantitative estimate of drug-likeness (QED) is 0.549. The third-order valence-electron chi connectivity index (χ3n) is 6.10. The van der Waals surface area contributed by atoms with Crippen LogP contribution >= 0.6 is 0 Å². The van der Waals surface area contributed by atoms with Gasteiger partial charge in [-0.3, -0.25) is 19.9 Å². The molecule has 4 amide bonds. The van der Waals surface area contributed by atoms with Crippen molar-refractivity contribution < 1.29 is 23.9 Å². The number of nitrogens with zero attached hydrogens (tertiary/aromatic N) is 2. The predicted octanol–water partition coefficient (Wildman–Crippen LogP) is 2.12. The minimum atomic E-state index is -1.08. The maximum Gasteiger partial charge on any atom is 0.344 e. The van der Waals surface area contributed by atoms with Crippen LogP contribution in [0.15, 0.2) is 54.6 Å². The number of rotatable bonds is 9. The van der Waals surface area contributed by atoms with Gasteiger partial charge in [-0.05, 0) is 44.0 Å². The van der Waals surface area contributed by atoms with E-state index in [1.54, 1.807) is 6.92 Å². The Morgan fingerprint density at radius 1 is 1.15 bits per heavy atom. The third-order valence-corrected chi connectivity index (χ3v) is 6.10. The number of ether oxygens (including phenoxy) is 2. The van der Waals surface area contributed by atoms with Crippen LogP contribution in [-0.2, 0) is 16.0 Å². The van der Waals surface area contributed by atoms with E-state index in [1.807, 2.05) is 66.4 Å². The van der Waals surface area contributed by atoms with E-state index in [0.29, 0.717) is 44.0 Å². The van der Waals surface area contributed by atoms with Gasteiger partial charge >= 0.3 is 6.03 Å². The SMILES string of the molecule is CCN(CC(=O)NN1C(=O)NC(C)(CCc2ccccc2)C1=O)CC1COc2ccccc2O1. The van der Waals surface area contributed by atoms with Gasteiger partial charge in [0.1, 0.15) is 18.2 Å². The molecular weight excluding hydrogens is 436 g/mol. The van der Waals surface area contributed by atoms with Crippen LogP contribution < -0.4 is 20.2 Å². The number of fused-ring (bicyclic) bond motifs is 1. The minimum absolute atomic E-state index is 0.00972. The van der Waals surface area contributed by atoms with E-state index in [4.69, 9.17) is 9.47 Å². The van der Waals surface area contributed by atoms with Crippen molar-refractivity contribution in [3.63, 3.8) is 0 Å². The van der Waals surface area contributed by atoms with Gasteiger partial charge in [0, 0.05) is 6.54 Å². The molecule has 2 heterocycles. The Hall–Kier alpha value is -3.59. The summed E-state index contributed by atoms with van der Waals surface area (Å²) in [6, 6.07) is 16.6. The molecule has 2 aromatic carbocycles. The standard InChI is InChI=1S/C25H30N4O5/c1-3-28(15-19-17-33-20-11-7-8-12-21(20)34-19)16-22(30)27-29-23(31)25(2,26-24(29)32)14-13-18-9-5-4-6-10-18/h4-12,19H,3,13-17H2,1-2H3,(H,26,32)(H,27,30). The summed E-state index contributed by atoms with van der Waals surface area (Å²) < 4.78 is 11.7. The Morgan fingerprint density at radius 2 is 1.85 bits per heavy atom. The highest BCUT2D eigenvalue weighted by Crippen LogP contribution is 2.31. The van der Waals surface area contributed by atoms with Crippen molar-refractivity contribution in [3.05, 3.63) is 60.2 Å². The van der Waals surface area contributed by atoms with Crippen LogP contribution in [0.5, 0.6) is 11.5 Å². The molecule has 0 saturated carbocycles. The minimum Gasteiger partial charge on any atom is -0.486 e. The number of hydrazine groups is 1. The summed E-state index contributed by atoms with van der Waals surface area (Å²) in [4.78, 5) is 40.0. The largest absolute Gasteiger partial charge is 0.486 e. The molecule has 2 aliphatic rings. The number of carbonyl (C=O) groups is 3. The molecule has 1 saturated heterocycles. The molecule has 0 bridgehead atoms. The fraction of sp³-hybridized carbons (Fsp3) is 0.400. The summed E-state index contributed by atoms with van der Waals surface area (Å²) >= 11 is 0. The highest BCUT2D eigenvalue weighted by atomic mass is 16.6. The fourth-order valence-electron chi connectivity index (χ4n) is 4.10. The molecule has 0 aliphatic carbocycles. The molecule has 9 nitrogen and oxygen atoms in total. The molecule has 2 atom stereocenters. The zero-order valence-corrected chi connectivity index (χ0v) is 19.5. The molecule has 34 heavy (non-hydrogen) atoms. The van der Waals surface area contributed by atoms with Gasteiger partial charge in [0.2, 0.25) is 0 Å². The summed E-state index contributed by atoms with van der Waals surface area (Å²) in [5, 5.41) is 3.51. The zero-order valence-electron chi connectivity index (χ0n) is 19.5. The summed E-state index contributed by atoms with van der Waals surface area (Å²) in [5.74, 6) is 0.460. The first-order valence-corrected chi connectivity index (χ1v) is 11.5. The maximum atomic E-state index is 13.0. The number of nitrogens with one attached hydrogen (secondary N) is 2. The first-order valence-electron chi connectivity index (χ1n) is 11.5.